The molecule has 2 aromatic carbocycles. The summed E-state index contributed by atoms with van der Waals surface area (Å²) in [5.74, 6) is 0.408. The largest absolute Gasteiger partial charge is 0.497 e. The first kappa shape index (κ1) is 19.7. The highest BCUT2D eigenvalue weighted by molar-refractivity contribution is 5.82. The summed E-state index contributed by atoms with van der Waals surface area (Å²) in [6.45, 7) is 5.10. The highest BCUT2D eigenvalue weighted by Gasteiger charge is 2.25. The number of hydrogen-bond donors (Lipinski definition) is 0. The molecule has 0 amide bonds. The summed E-state index contributed by atoms with van der Waals surface area (Å²) < 4.78 is 16.3. The topological polar surface area (TPSA) is 44.8 Å². The smallest absolute Gasteiger partial charge is 0.330 e. The second-order valence-electron chi connectivity index (χ2n) is 6.21. The zero-order valence-corrected chi connectivity index (χ0v) is 15.6. The third-order valence-corrected chi connectivity index (χ3v) is 4.12. The number of methoxy groups -OCH3 is 1. The Morgan fingerprint density at radius 3 is 2.58 bits per heavy atom. The molecule has 0 aliphatic carbocycles. The van der Waals surface area contributed by atoms with Crippen molar-refractivity contribution in [2.24, 2.45) is 0 Å². The van der Waals surface area contributed by atoms with Crippen LogP contribution in [0.4, 0.5) is 0 Å². The predicted octanol–water partition coefficient (Wildman–Crippen LogP) is 4.29. The molecule has 4 nitrogen and oxygen atoms in total. The van der Waals surface area contributed by atoms with Gasteiger partial charge in [0, 0.05) is 11.5 Å². The van der Waals surface area contributed by atoms with E-state index in [9.17, 15) is 4.79 Å². The summed E-state index contributed by atoms with van der Waals surface area (Å²) in [4.78, 5) is 11.8. The van der Waals surface area contributed by atoms with E-state index in [1.807, 2.05) is 67.6 Å². The molecular formula is C22H26O4. The van der Waals surface area contributed by atoms with E-state index in [1.165, 1.54) is 6.08 Å². The Morgan fingerprint density at radius 1 is 1.12 bits per heavy atom. The molecule has 0 aromatic heterocycles. The molecule has 0 fully saturated rings. The molecule has 0 saturated carbocycles. The fraction of sp³-hybridized carbons (Fsp3) is 0.318. The zero-order valence-electron chi connectivity index (χ0n) is 15.6. The minimum absolute atomic E-state index is 0.351. The molecule has 1 atom stereocenters. The molecule has 0 radical (unpaired) electrons. The Balaban J connectivity index is 2.18. The van der Waals surface area contributed by atoms with E-state index >= 15 is 0 Å². The van der Waals surface area contributed by atoms with Gasteiger partial charge in [-0.1, -0.05) is 48.5 Å². The average molecular weight is 354 g/mol. The lowest BCUT2D eigenvalue weighted by molar-refractivity contribution is -0.137. The monoisotopic (exact) mass is 354 g/mol. The molecule has 0 unspecified atom stereocenters. The minimum atomic E-state index is -0.490. The van der Waals surface area contributed by atoms with Crippen molar-refractivity contribution in [3.8, 4) is 5.75 Å². The van der Waals surface area contributed by atoms with Crippen LogP contribution in [0.1, 0.15) is 25.0 Å². The number of carbonyl (C=O) groups excluding carboxylic acids is 1. The van der Waals surface area contributed by atoms with Crippen LogP contribution in [-0.4, -0.2) is 26.3 Å². The fourth-order valence-electron chi connectivity index (χ4n) is 2.60. The molecule has 0 saturated heterocycles. The molecular weight excluding hydrogens is 328 g/mol. The van der Waals surface area contributed by atoms with Gasteiger partial charge in [0.2, 0.25) is 0 Å². The highest BCUT2D eigenvalue weighted by Crippen LogP contribution is 2.29. The molecule has 4 heteroatoms. The van der Waals surface area contributed by atoms with Crippen molar-refractivity contribution in [1.29, 1.82) is 0 Å². The van der Waals surface area contributed by atoms with Gasteiger partial charge in [0.1, 0.15) is 5.75 Å². The summed E-state index contributed by atoms with van der Waals surface area (Å²) in [6, 6.07) is 17.8. The maximum Gasteiger partial charge on any atom is 0.330 e. The number of carbonyl (C=O) groups is 1. The quantitative estimate of drug-likeness (QED) is 0.498. The summed E-state index contributed by atoms with van der Waals surface area (Å²) in [5.41, 5.74) is 1.62. The van der Waals surface area contributed by atoms with E-state index in [1.54, 1.807) is 14.0 Å². The molecule has 0 bridgehead atoms. The normalized spacial score (nSPS) is 13.3. The van der Waals surface area contributed by atoms with Gasteiger partial charge in [0.05, 0.1) is 26.9 Å². The van der Waals surface area contributed by atoms with E-state index in [0.29, 0.717) is 19.8 Å². The first-order valence-corrected chi connectivity index (χ1v) is 8.69. The molecule has 0 aliphatic heterocycles. The Kier molecular flexibility index (Phi) is 7.42. The van der Waals surface area contributed by atoms with Crippen molar-refractivity contribution >= 4 is 5.97 Å². The van der Waals surface area contributed by atoms with Crippen molar-refractivity contribution in [2.75, 3.05) is 20.3 Å². The Labute approximate surface area is 155 Å². The van der Waals surface area contributed by atoms with E-state index in [-0.39, 0.29) is 5.97 Å². The van der Waals surface area contributed by atoms with Crippen LogP contribution in [0.5, 0.6) is 5.75 Å². The van der Waals surface area contributed by atoms with Gasteiger partial charge in [-0.2, -0.15) is 0 Å². The number of ether oxygens (including phenoxy) is 3. The maximum absolute atomic E-state index is 11.8. The van der Waals surface area contributed by atoms with Crippen LogP contribution in [0.25, 0.3) is 0 Å². The SMILES string of the molecule is CCOC(=O)/C=C/[C@@](C)(COCc1ccccc1)c1cccc(OC)c1. The summed E-state index contributed by atoms with van der Waals surface area (Å²) in [6.07, 6.45) is 3.31. The van der Waals surface area contributed by atoms with Gasteiger partial charge in [-0.05, 0) is 37.1 Å². The molecule has 0 spiro atoms. The third kappa shape index (κ3) is 5.74. The molecule has 0 heterocycles. The van der Waals surface area contributed by atoms with Gasteiger partial charge in [0.25, 0.3) is 0 Å². The molecule has 26 heavy (non-hydrogen) atoms. The Hall–Kier alpha value is -2.59. The first-order valence-electron chi connectivity index (χ1n) is 8.69. The number of benzene rings is 2. The van der Waals surface area contributed by atoms with E-state index in [4.69, 9.17) is 14.2 Å². The second-order valence-corrected chi connectivity index (χ2v) is 6.21. The zero-order chi connectivity index (χ0) is 18.8. The van der Waals surface area contributed by atoms with E-state index in [2.05, 4.69) is 0 Å². The van der Waals surface area contributed by atoms with Crippen LogP contribution >= 0.6 is 0 Å². The van der Waals surface area contributed by atoms with Gasteiger partial charge in [0.15, 0.2) is 0 Å². The summed E-state index contributed by atoms with van der Waals surface area (Å²) in [7, 11) is 1.64. The number of esters is 1. The molecule has 2 rings (SSSR count). The Bertz CT molecular complexity index is 724. The lowest BCUT2D eigenvalue weighted by atomic mass is 9.82. The van der Waals surface area contributed by atoms with Crippen LogP contribution in [0.2, 0.25) is 0 Å². The van der Waals surface area contributed by atoms with E-state index < -0.39 is 5.41 Å². The standard InChI is InChI=1S/C22H26O4/c1-4-26-21(23)13-14-22(2,19-11-8-12-20(15-19)24-3)17-25-16-18-9-6-5-7-10-18/h5-15H,4,16-17H2,1-3H3/b14-13+/t22-/m0/s1. The lowest BCUT2D eigenvalue weighted by Crippen LogP contribution is -2.26. The summed E-state index contributed by atoms with van der Waals surface area (Å²) >= 11 is 0. The van der Waals surface area contributed by atoms with Crippen molar-refractivity contribution in [3.05, 3.63) is 77.9 Å². The molecule has 0 aliphatic rings. The molecule has 2 aromatic rings. The van der Waals surface area contributed by atoms with Crippen LogP contribution in [-0.2, 0) is 26.3 Å². The van der Waals surface area contributed by atoms with Gasteiger partial charge >= 0.3 is 5.97 Å². The van der Waals surface area contributed by atoms with Crippen molar-refractivity contribution < 1.29 is 19.0 Å². The number of hydrogen-bond acceptors (Lipinski definition) is 4. The maximum atomic E-state index is 11.8. The van der Waals surface area contributed by atoms with Gasteiger partial charge in [-0.3, -0.25) is 0 Å². The van der Waals surface area contributed by atoms with E-state index in [0.717, 1.165) is 16.9 Å². The van der Waals surface area contributed by atoms with Crippen molar-refractivity contribution in [1.82, 2.24) is 0 Å². The fourth-order valence-corrected chi connectivity index (χ4v) is 2.60. The van der Waals surface area contributed by atoms with Crippen LogP contribution in [0.15, 0.2) is 66.7 Å². The predicted molar refractivity (Wildman–Crippen MR) is 102 cm³/mol. The number of rotatable bonds is 9. The minimum Gasteiger partial charge on any atom is -0.497 e. The second kappa shape index (κ2) is 9.78. The third-order valence-electron chi connectivity index (χ3n) is 4.12. The van der Waals surface area contributed by atoms with Gasteiger partial charge in [-0.15, -0.1) is 0 Å². The van der Waals surface area contributed by atoms with Crippen molar-refractivity contribution in [3.63, 3.8) is 0 Å². The average Bonchev–Trinajstić information content (AvgIpc) is 2.67. The Morgan fingerprint density at radius 2 is 1.88 bits per heavy atom. The van der Waals surface area contributed by atoms with Crippen LogP contribution in [0.3, 0.4) is 0 Å². The van der Waals surface area contributed by atoms with Gasteiger partial charge < -0.3 is 14.2 Å². The van der Waals surface area contributed by atoms with Crippen LogP contribution < -0.4 is 4.74 Å². The highest BCUT2D eigenvalue weighted by atomic mass is 16.5. The van der Waals surface area contributed by atoms with Crippen molar-refractivity contribution in [2.45, 2.75) is 25.9 Å². The van der Waals surface area contributed by atoms with Crippen LogP contribution in [0, 0.1) is 0 Å². The van der Waals surface area contributed by atoms with Gasteiger partial charge in [-0.25, -0.2) is 4.79 Å². The lowest BCUT2D eigenvalue weighted by Gasteiger charge is -2.27. The molecule has 138 valence electrons. The summed E-state index contributed by atoms with van der Waals surface area (Å²) in [5, 5.41) is 0. The molecule has 0 N–H and O–H groups in total. The first-order chi connectivity index (χ1) is 12.6.